The number of rotatable bonds is 3. The summed E-state index contributed by atoms with van der Waals surface area (Å²) in [5, 5.41) is 0.506. The normalized spacial score (nSPS) is 23.6. The molecule has 21 heavy (non-hydrogen) atoms. The summed E-state index contributed by atoms with van der Waals surface area (Å²) >= 11 is 5.82. The van der Waals surface area contributed by atoms with Gasteiger partial charge in [0.15, 0.2) is 0 Å². The van der Waals surface area contributed by atoms with E-state index in [-0.39, 0.29) is 11.7 Å². The molecule has 5 heteroatoms. The quantitative estimate of drug-likeness (QED) is 0.685. The maximum atomic E-state index is 12.0. The molecule has 1 saturated heterocycles. The van der Waals surface area contributed by atoms with Crippen molar-refractivity contribution in [2.75, 3.05) is 12.3 Å². The van der Waals surface area contributed by atoms with E-state index in [0.717, 1.165) is 25.7 Å². The molecular weight excluding hydrogens is 290 g/mol. The molecule has 0 aromatic heterocycles. The first-order chi connectivity index (χ1) is 10.1. The van der Waals surface area contributed by atoms with E-state index >= 15 is 0 Å². The Kier molecular flexibility index (Phi) is 4.09. The third-order valence-electron chi connectivity index (χ3n) is 4.49. The van der Waals surface area contributed by atoms with Crippen molar-refractivity contribution in [1.29, 1.82) is 0 Å². The molecule has 1 aromatic carbocycles. The fourth-order valence-corrected chi connectivity index (χ4v) is 3.55. The molecule has 1 unspecified atom stereocenters. The van der Waals surface area contributed by atoms with Crippen LogP contribution in [0, 0.1) is 0 Å². The number of anilines is 1. The van der Waals surface area contributed by atoms with Gasteiger partial charge in [0.05, 0.1) is 17.3 Å². The maximum Gasteiger partial charge on any atom is 0.340 e. The largest absolute Gasteiger partial charge is 0.459 e. The van der Waals surface area contributed by atoms with E-state index in [4.69, 9.17) is 26.8 Å². The summed E-state index contributed by atoms with van der Waals surface area (Å²) in [5.41, 5.74) is 6.54. The minimum atomic E-state index is -0.417. The average molecular weight is 310 g/mol. The van der Waals surface area contributed by atoms with Crippen LogP contribution in [-0.4, -0.2) is 24.3 Å². The van der Waals surface area contributed by atoms with Crippen molar-refractivity contribution in [2.24, 2.45) is 0 Å². The Morgan fingerprint density at radius 2 is 2.14 bits per heavy atom. The highest BCUT2D eigenvalue weighted by Gasteiger charge is 2.42. The number of ether oxygens (including phenoxy) is 2. The van der Waals surface area contributed by atoms with E-state index in [9.17, 15) is 4.79 Å². The number of nitrogen functional groups attached to an aromatic ring is 1. The Bertz CT molecular complexity index is 540. The second-order valence-electron chi connectivity index (χ2n) is 6.00. The molecule has 4 nitrogen and oxygen atoms in total. The molecule has 1 aromatic rings. The van der Waals surface area contributed by atoms with Gasteiger partial charge in [-0.1, -0.05) is 24.4 Å². The van der Waals surface area contributed by atoms with Crippen LogP contribution in [0.4, 0.5) is 5.69 Å². The van der Waals surface area contributed by atoms with Crippen molar-refractivity contribution in [3.63, 3.8) is 0 Å². The molecule has 1 atom stereocenters. The molecule has 3 rings (SSSR count). The lowest BCUT2D eigenvalue weighted by atomic mass is 9.98. The van der Waals surface area contributed by atoms with E-state index in [1.54, 1.807) is 18.2 Å². The molecule has 0 amide bonds. The zero-order valence-electron chi connectivity index (χ0n) is 11.9. The zero-order valence-corrected chi connectivity index (χ0v) is 12.7. The van der Waals surface area contributed by atoms with E-state index in [1.807, 2.05) is 0 Å². The SMILES string of the molecule is Nc1cc(Cl)ccc1C(=O)OCC1CCC2(CCCC2)O1. The molecule has 0 bridgehead atoms. The van der Waals surface area contributed by atoms with Crippen LogP contribution in [0.5, 0.6) is 0 Å². The van der Waals surface area contributed by atoms with Gasteiger partial charge in [-0.25, -0.2) is 4.79 Å². The van der Waals surface area contributed by atoms with Crippen LogP contribution in [0.15, 0.2) is 18.2 Å². The number of carbonyl (C=O) groups excluding carboxylic acids is 1. The van der Waals surface area contributed by atoms with Crippen LogP contribution in [0.25, 0.3) is 0 Å². The summed E-state index contributed by atoms with van der Waals surface area (Å²) < 4.78 is 11.5. The fourth-order valence-electron chi connectivity index (χ4n) is 3.37. The van der Waals surface area contributed by atoms with Crippen molar-refractivity contribution in [3.05, 3.63) is 28.8 Å². The van der Waals surface area contributed by atoms with Crippen molar-refractivity contribution in [2.45, 2.75) is 50.2 Å². The second-order valence-corrected chi connectivity index (χ2v) is 6.44. The monoisotopic (exact) mass is 309 g/mol. The zero-order chi connectivity index (χ0) is 14.9. The summed E-state index contributed by atoms with van der Waals surface area (Å²) in [5.74, 6) is -0.417. The molecule has 2 N–H and O–H groups in total. The summed E-state index contributed by atoms with van der Waals surface area (Å²) in [6, 6.07) is 4.78. The van der Waals surface area contributed by atoms with Crippen LogP contribution in [-0.2, 0) is 9.47 Å². The number of halogens is 1. The number of esters is 1. The topological polar surface area (TPSA) is 61.6 Å². The van der Waals surface area contributed by atoms with E-state index in [1.165, 1.54) is 12.8 Å². The van der Waals surface area contributed by atoms with Gasteiger partial charge < -0.3 is 15.2 Å². The maximum absolute atomic E-state index is 12.0. The van der Waals surface area contributed by atoms with Crippen LogP contribution < -0.4 is 5.73 Å². The van der Waals surface area contributed by atoms with Gasteiger partial charge in [-0.3, -0.25) is 0 Å². The summed E-state index contributed by atoms with van der Waals surface area (Å²) in [7, 11) is 0. The Balaban J connectivity index is 1.54. The summed E-state index contributed by atoms with van der Waals surface area (Å²) in [6.45, 7) is 0.294. The van der Waals surface area contributed by atoms with Gasteiger partial charge in [0.2, 0.25) is 0 Å². The fraction of sp³-hybridized carbons (Fsp3) is 0.562. The van der Waals surface area contributed by atoms with Gasteiger partial charge in [0.25, 0.3) is 0 Å². The Morgan fingerprint density at radius 3 is 2.86 bits per heavy atom. The Hall–Kier alpha value is -1.26. The highest BCUT2D eigenvalue weighted by Crippen LogP contribution is 2.43. The molecule has 114 valence electrons. The van der Waals surface area contributed by atoms with Gasteiger partial charge in [0.1, 0.15) is 6.61 Å². The lowest BCUT2D eigenvalue weighted by Crippen LogP contribution is -2.27. The number of hydrogen-bond acceptors (Lipinski definition) is 4. The number of nitrogens with two attached hydrogens (primary N) is 1. The third-order valence-corrected chi connectivity index (χ3v) is 4.72. The predicted octanol–water partition coefficient (Wildman–Crippen LogP) is 3.57. The molecule has 1 saturated carbocycles. The molecule has 1 aliphatic carbocycles. The van der Waals surface area contributed by atoms with Crippen molar-refractivity contribution < 1.29 is 14.3 Å². The molecular formula is C16H20ClNO3. The predicted molar refractivity (Wildman–Crippen MR) is 81.5 cm³/mol. The van der Waals surface area contributed by atoms with Crippen LogP contribution in [0.1, 0.15) is 48.9 Å². The van der Waals surface area contributed by atoms with Crippen molar-refractivity contribution >= 4 is 23.3 Å². The molecule has 1 heterocycles. The van der Waals surface area contributed by atoms with Gasteiger partial charge in [-0.15, -0.1) is 0 Å². The average Bonchev–Trinajstić information content (AvgIpc) is 3.07. The summed E-state index contributed by atoms with van der Waals surface area (Å²) in [6.07, 6.45) is 6.83. The van der Waals surface area contributed by atoms with Gasteiger partial charge >= 0.3 is 5.97 Å². The molecule has 2 aliphatic rings. The highest BCUT2D eigenvalue weighted by molar-refractivity contribution is 6.31. The minimum absolute atomic E-state index is 0.0144. The van der Waals surface area contributed by atoms with Crippen LogP contribution in [0.2, 0.25) is 5.02 Å². The number of hydrogen-bond donors (Lipinski definition) is 1. The second kappa shape index (κ2) is 5.85. The smallest absolute Gasteiger partial charge is 0.340 e. The van der Waals surface area contributed by atoms with Crippen LogP contribution in [0.3, 0.4) is 0 Å². The van der Waals surface area contributed by atoms with Gasteiger partial charge in [-0.2, -0.15) is 0 Å². The van der Waals surface area contributed by atoms with E-state index in [2.05, 4.69) is 0 Å². The van der Waals surface area contributed by atoms with Crippen molar-refractivity contribution in [1.82, 2.24) is 0 Å². The van der Waals surface area contributed by atoms with E-state index < -0.39 is 5.97 Å². The first-order valence-electron chi connectivity index (χ1n) is 7.48. The Labute approximate surface area is 129 Å². The molecule has 1 spiro atoms. The number of carbonyl (C=O) groups is 1. The summed E-state index contributed by atoms with van der Waals surface area (Å²) in [4.78, 5) is 12.0. The lowest BCUT2D eigenvalue weighted by molar-refractivity contribution is -0.0597. The molecule has 2 fully saturated rings. The lowest BCUT2D eigenvalue weighted by Gasteiger charge is -2.23. The van der Waals surface area contributed by atoms with Gasteiger partial charge in [0, 0.05) is 10.7 Å². The first kappa shape index (κ1) is 14.7. The van der Waals surface area contributed by atoms with Gasteiger partial charge in [-0.05, 0) is 43.9 Å². The molecule has 0 radical (unpaired) electrons. The van der Waals surface area contributed by atoms with Crippen LogP contribution >= 0.6 is 11.6 Å². The first-order valence-corrected chi connectivity index (χ1v) is 7.86. The van der Waals surface area contributed by atoms with Crippen molar-refractivity contribution in [3.8, 4) is 0 Å². The van der Waals surface area contributed by atoms with E-state index in [0.29, 0.717) is 22.9 Å². The standard InChI is InChI=1S/C16H20ClNO3/c17-11-3-4-13(14(18)9-11)15(19)20-10-12-5-8-16(21-12)6-1-2-7-16/h3-4,9,12H,1-2,5-8,10,18H2. The minimum Gasteiger partial charge on any atom is -0.459 e. The third kappa shape index (κ3) is 3.16. The highest BCUT2D eigenvalue weighted by atomic mass is 35.5. The Morgan fingerprint density at radius 1 is 1.38 bits per heavy atom. The number of benzene rings is 1. The molecule has 1 aliphatic heterocycles.